The highest BCUT2D eigenvalue weighted by molar-refractivity contribution is 6.74. The van der Waals surface area contributed by atoms with Crippen LogP contribution in [0.4, 0.5) is 4.79 Å². The summed E-state index contributed by atoms with van der Waals surface area (Å²) in [6.07, 6.45) is -0.165. The highest BCUT2D eigenvalue weighted by Gasteiger charge is 2.63. The van der Waals surface area contributed by atoms with Crippen LogP contribution in [0.15, 0.2) is 24.3 Å². The number of ether oxygens (including phenoxy) is 2. The van der Waals surface area contributed by atoms with E-state index in [1.807, 2.05) is 24.3 Å². The second-order valence-corrected chi connectivity index (χ2v) is 15.0. The second kappa shape index (κ2) is 7.67. The van der Waals surface area contributed by atoms with Crippen LogP contribution in [0.5, 0.6) is 5.75 Å². The molecule has 1 amide bonds. The number of carbonyl (C=O) groups is 2. The van der Waals surface area contributed by atoms with E-state index in [-0.39, 0.29) is 11.0 Å². The summed E-state index contributed by atoms with van der Waals surface area (Å²) < 4.78 is 16.7. The maximum atomic E-state index is 12.5. The number of carbonyl (C=O) groups excluding carboxylic acids is 2. The number of amides is 1. The van der Waals surface area contributed by atoms with Gasteiger partial charge in [-0.3, -0.25) is 0 Å². The number of rotatable bonds is 5. The lowest BCUT2D eigenvalue weighted by atomic mass is 10.1. The second-order valence-electron chi connectivity index (χ2n) is 10.3. The van der Waals surface area contributed by atoms with Gasteiger partial charge in [-0.25, -0.2) is 9.59 Å². The van der Waals surface area contributed by atoms with Crippen molar-refractivity contribution in [2.24, 2.45) is 0 Å². The molecule has 2 rings (SSSR count). The average molecular weight is 422 g/mol. The van der Waals surface area contributed by atoms with Gasteiger partial charge in [-0.05, 0) is 63.0 Å². The number of methoxy groups -OCH3 is 1. The number of benzene rings is 1. The summed E-state index contributed by atoms with van der Waals surface area (Å²) in [7, 11) is -0.655. The molecule has 0 radical (unpaired) electrons. The van der Waals surface area contributed by atoms with E-state index >= 15 is 0 Å². The van der Waals surface area contributed by atoms with E-state index in [4.69, 9.17) is 13.9 Å². The molecular formula is C22H35NO5Si. The molecule has 0 unspecified atom stereocenters. The minimum atomic E-state index is -1.98. The molecule has 0 aliphatic heterocycles. The zero-order valence-electron chi connectivity index (χ0n) is 19.1. The molecule has 1 aliphatic carbocycles. The minimum absolute atomic E-state index is 0.0800. The predicted octanol–water partition coefficient (Wildman–Crippen LogP) is 4.99. The van der Waals surface area contributed by atoms with Crippen molar-refractivity contribution in [3.8, 4) is 5.75 Å². The lowest BCUT2D eigenvalue weighted by Crippen LogP contribution is -2.47. The Morgan fingerprint density at radius 3 is 2.28 bits per heavy atom. The molecule has 0 heterocycles. The van der Waals surface area contributed by atoms with Crippen molar-refractivity contribution < 1.29 is 23.5 Å². The summed E-state index contributed by atoms with van der Waals surface area (Å²) in [5, 5.41) is 2.83. The Morgan fingerprint density at radius 2 is 1.76 bits per heavy atom. The van der Waals surface area contributed by atoms with Gasteiger partial charge in [0.15, 0.2) is 0 Å². The molecule has 2 atom stereocenters. The van der Waals surface area contributed by atoms with Gasteiger partial charge in [-0.15, -0.1) is 0 Å². The molecule has 1 fully saturated rings. The van der Waals surface area contributed by atoms with Gasteiger partial charge in [0.1, 0.15) is 16.9 Å². The van der Waals surface area contributed by atoms with Gasteiger partial charge in [0.25, 0.3) is 0 Å². The van der Waals surface area contributed by atoms with Crippen LogP contribution < -0.4 is 9.74 Å². The standard InChI is InChI=1S/C22H35NO5Si/c1-20(2,3)27-19(25)23-22(18(24)26-7)14-17(22)15-11-10-12-16(13-15)28-29(8,9)21(4,5)6/h10-13,17H,14H2,1-9H3,(H,23,25)/t17-,22+/m0/s1. The maximum Gasteiger partial charge on any atom is 0.408 e. The van der Waals surface area contributed by atoms with Gasteiger partial charge < -0.3 is 19.2 Å². The lowest BCUT2D eigenvalue weighted by Gasteiger charge is -2.36. The molecule has 0 aromatic heterocycles. The average Bonchev–Trinajstić information content (AvgIpc) is 3.26. The third-order valence-electron chi connectivity index (χ3n) is 5.67. The van der Waals surface area contributed by atoms with E-state index in [1.54, 1.807) is 20.8 Å². The van der Waals surface area contributed by atoms with Gasteiger partial charge in [-0.2, -0.15) is 0 Å². The van der Waals surface area contributed by atoms with Crippen molar-refractivity contribution in [3.05, 3.63) is 29.8 Å². The molecule has 0 saturated heterocycles. The number of esters is 1. The number of nitrogens with one attached hydrogen (secondary N) is 1. The third kappa shape index (κ3) is 5.32. The van der Waals surface area contributed by atoms with Crippen LogP contribution in [0.1, 0.15) is 59.4 Å². The van der Waals surface area contributed by atoms with E-state index < -0.39 is 31.5 Å². The van der Waals surface area contributed by atoms with Crippen LogP contribution in [-0.2, 0) is 14.3 Å². The fourth-order valence-corrected chi connectivity index (χ4v) is 4.01. The third-order valence-corrected chi connectivity index (χ3v) is 10.0. The van der Waals surface area contributed by atoms with Gasteiger partial charge in [0.05, 0.1) is 7.11 Å². The quantitative estimate of drug-likeness (QED) is 0.535. The molecule has 6 nitrogen and oxygen atoms in total. The maximum absolute atomic E-state index is 12.5. The van der Waals surface area contributed by atoms with E-state index in [2.05, 4.69) is 39.2 Å². The van der Waals surface area contributed by atoms with Crippen LogP contribution >= 0.6 is 0 Å². The van der Waals surface area contributed by atoms with Crippen molar-refractivity contribution in [2.75, 3.05) is 7.11 Å². The van der Waals surface area contributed by atoms with Crippen molar-refractivity contribution in [3.63, 3.8) is 0 Å². The summed E-state index contributed by atoms with van der Waals surface area (Å²) in [4.78, 5) is 24.8. The predicted molar refractivity (Wildman–Crippen MR) is 116 cm³/mol. The molecule has 1 aromatic carbocycles. The first-order valence-corrected chi connectivity index (χ1v) is 12.9. The summed E-state index contributed by atoms with van der Waals surface area (Å²) >= 11 is 0. The lowest BCUT2D eigenvalue weighted by molar-refractivity contribution is -0.144. The van der Waals surface area contributed by atoms with E-state index in [0.717, 1.165) is 11.3 Å². The molecule has 1 aliphatic rings. The number of hydrogen-bond donors (Lipinski definition) is 1. The molecule has 1 saturated carbocycles. The van der Waals surface area contributed by atoms with E-state index in [9.17, 15) is 9.59 Å². The van der Waals surface area contributed by atoms with Gasteiger partial charge in [0, 0.05) is 5.92 Å². The summed E-state index contributed by atoms with van der Waals surface area (Å²) in [6.45, 7) is 16.3. The van der Waals surface area contributed by atoms with E-state index in [0.29, 0.717) is 6.42 Å². The molecule has 1 aromatic rings. The zero-order chi connectivity index (χ0) is 22.3. The Labute approximate surface area is 175 Å². The first-order valence-electron chi connectivity index (χ1n) is 10.00. The molecule has 0 spiro atoms. The Bertz CT molecular complexity index is 778. The van der Waals surface area contributed by atoms with Gasteiger partial charge in [-0.1, -0.05) is 32.9 Å². The smallest absolute Gasteiger partial charge is 0.408 e. The molecule has 29 heavy (non-hydrogen) atoms. The Morgan fingerprint density at radius 1 is 1.14 bits per heavy atom. The highest BCUT2D eigenvalue weighted by atomic mass is 28.4. The first-order chi connectivity index (χ1) is 13.1. The van der Waals surface area contributed by atoms with Crippen LogP contribution in [0.2, 0.25) is 18.1 Å². The van der Waals surface area contributed by atoms with Gasteiger partial charge >= 0.3 is 12.1 Å². The summed E-state index contributed by atoms with van der Waals surface area (Å²) in [5.41, 5.74) is -0.822. The highest BCUT2D eigenvalue weighted by Crippen LogP contribution is 2.53. The number of hydrogen-bond acceptors (Lipinski definition) is 5. The van der Waals surface area contributed by atoms with Crippen molar-refractivity contribution in [1.82, 2.24) is 5.32 Å². The normalized spacial score (nSPS) is 21.9. The molecule has 1 N–H and O–H groups in total. The summed E-state index contributed by atoms with van der Waals surface area (Å²) in [5.74, 6) is 0.131. The van der Waals surface area contributed by atoms with Crippen molar-refractivity contribution >= 4 is 20.4 Å². The Balaban J connectivity index is 2.24. The van der Waals surface area contributed by atoms with Crippen LogP contribution in [0.3, 0.4) is 0 Å². The fourth-order valence-electron chi connectivity index (χ4n) is 2.99. The first kappa shape index (κ1) is 23.3. The largest absolute Gasteiger partial charge is 0.543 e. The molecule has 7 heteroatoms. The van der Waals surface area contributed by atoms with Crippen molar-refractivity contribution in [1.29, 1.82) is 0 Å². The van der Waals surface area contributed by atoms with E-state index in [1.165, 1.54) is 7.11 Å². The zero-order valence-corrected chi connectivity index (χ0v) is 20.1. The fraction of sp³-hybridized carbons (Fsp3) is 0.636. The molecule has 162 valence electrons. The van der Waals surface area contributed by atoms with Crippen LogP contribution in [0.25, 0.3) is 0 Å². The van der Waals surface area contributed by atoms with Crippen LogP contribution in [-0.4, -0.2) is 38.6 Å². The van der Waals surface area contributed by atoms with Crippen molar-refractivity contribution in [2.45, 2.75) is 83.2 Å². The number of alkyl carbamates (subject to hydrolysis) is 1. The topological polar surface area (TPSA) is 73.9 Å². The van der Waals surface area contributed by atoms with Gasteiger partial charge in [0.2, 0.25) is 8.32 Å². The Kier molecular flexibility index (Phi) is 6.15. The molecule has 0 bridgehead atoms. The summed E-state index contributed by atoms with van der Waals surface area (Å²) in [6, 6.07) is 7.77. The Hall–Kier alpha value is -2.02. The minimum Gasteiger partial charge on any atom is -0.543 e. The van der Waals surface area contributed by atoms with Crippen LogP contribution in [0, 0.1) is 0 Å². The SMILES string of the molecule is COC(=O)[C@@]1(NC(=O)OC(C)(C)C)C[C@H]1c1cccc(O[Si](C)(C)C(C)(C)C)c1. The monoisotopic (exact) mass is 421 g/mol. The molecular weight excluding hydrogens is 386 g/mol.